The molecule has 0 aliphatic rings. The van der Waals surface area contributed by atoms with Gasteiger partial charge in [0, 0.05) is 28.5 Å². The summed E-state index contributed by atoms with van der Waals surface area (Å²) in [6.45, 7) is 0.820. The van der Waals surface area contributed by atoms with Crippen molar-refractivity contribution in [3.05, 3.63) is 71.7 Å². The summed E-state index contributed by atoms with van der Waals surface area (Å²) in [5, 5.41) is 8.11. The van der Waals surface area contributed by atoms with Gasteiger partial charge in [-0.2, -0.15) is 0 Å². The monoisotopic (exact) mass is 290 g/mol. The Morgan fingerprint density at radius 1 is 0.952 bits per heavy atom. The molecule has 102 valence electrons. The standard InChI is InChI=1S/C18H14N2S/c1-2-14-10-13(3-5-17(14)19-8-1)12-20-16-4-6-18-15(11-16)7-9-21-18/h1-11,20H,12H2. The van der Waals surface area contributed by atoms with E-state index in [9.17, 15) is 0 Å². The normalized spacial score (nSPS) is 11.0. The predicted molar refractivity (Wildman–Crippen MR) is 90.9 cm³/mol. The van der Waals surface area contributed by atoms with Gasteiger partial charge in [-0.1, -0.05) is 12.1 Å². The Morgan fingerprint density at radius 2 is 1.95 bits per heavy atom. The van der Waals surface area contributed by atoms with Gasteiger partial charge >= 0.3 is 0 Å². The zero-order chi connectivity index (χ0) is 14.1. The number of pyridine rings is 1. The average molecular weight is 290 g/mol. The number of aromatic nitrogens is 1. The van der Waals surface area contributed by atoms with Crippen molar-refractivity contribution in [1.29, 1.82) is 0 Å². The van der Waals surface area contributed by atoms with Crippen molar-refractivity contribution in [2.75, 3.05) is 5.32 Å². The van der Waals surface area contributed by atoms with Gasteiger partial charge in [0.25, 0.3) is 0 Å². The van der Waals surface area contributed by atoms with Gasteiger partial charge < -0.3 is 5.32 Å². The van der Waals surface area contributed by atoms with E-state index < -0.39 is 0 Å². The summed E-state index contributed by atoms with van der Waals surface area (Å²) in [6, 6.07) is 19.2. The second-order valence-corrected chi connectivity index (χ2v) is 6.00. The van der Waals surface area contributed by atoms with Gasteiger partial charge in [-0.3, -0.25) is 4.98 Å². The third-order valence-corrected chi connectivity index (χ3v) is 4.51. The molecule has 2 nitrogen and oxygen atoms in total. The van der Waals surface area contributed by atoms with Gasteiger partial charge in [0.05, 0.1) is 5.52 Å². The lowest BCUT2D eigenvalue weighted by molar-refractivity contribution is 1.16. The van der Waals surface area contributed by atoms with Crippen LogP contribution in [-0.4, -0.2) is 4.98 Å². The van der Waals surface area contributed by atoms with E-state index in [2.05, 4.69) is 64.2 Å². The lowest BCUT2D eigenvalue weighted by Gasteiger charge is -2.07. The summed E-state index contributed by atoms with van der Waals surface area (Å²) in [7, 11) is 0. The minimum absolute atomic E-state index is 0.820. The lowest BCUT2D eigenvalue weighted by Crippen LogP contribution is -1.99. The second kappa shape index (κ2) is 5.19. The summed E-state index contributed by atoms with van der Waals surface area (Å²) in [5.41, 5.74) is 3.47. The number of fused-ring (bicyclic) bond motifs is 2. The van der Waals surface area contributed by atoms with Crippen LogP contribution in [-0.2, 0) is 6.54 Å². The zero-order valence-electron chi connectivity index (χ0n) is 11.4. The molecule has 2 aromatic heterocycles. The first-order chi connectivity index (χ1) is 10.4. The molecule has 3 heteroatoms. The van der Waals surface area contributed by atoms with Crippen LogP contribution in [0.1, 0.15) is 5.56 Å². The zero-order valence-corrected chi connectivity index (χ0v) is 12.2. The summed E-state index contributed by atoms with van der Waals surface area (Å²) in [6.07, 6.45) is 1.83. The lowest BCUT2D eigenvalue weighted by atomic mass is 10.1. The van der Waals surface area contributed by atoms with E-state index in [-0.39, 0.29) is 0 Å². The molecule has 0 saturated carbocycles. The maximum Gasteiger partial charge on any atom is 0.0702 e. The maximum atomic E-state index is 4.35. The highest BCUT2D eigenvalue weighted by Crippen LogP contribution is 2.24. The van der Waals surface area contributed by atoms with Crippen LogP contribution in [0.4, 0.5) is 5.69 Å². The van der Waals surface area contributed by atoms with Crippen LogP contribution in [0.25, 0.3) is 21.0 Å². The molecule has 0 radical (unpaired) electrons. The number of nitrogens with one attached hydrogen (secondary N) is 1. The third kappa shape index (κ3) is 2.48. The van der Waals surface area contributed by atoms with Crippen LogP contribution in [0.15, 0.2) is 66.2 Å². The van der Waals surface area contributed by atoms with Crippen LogP contribution in [0.5, 0.6) is 0 Å². The molecule has 1 N–H and O–H groups in total. The van der Waals surface area contributed by atoms with Crippen molar-refractivity contribution in [2.45, 2.75) is 6.54 Å². The minimum atomic E-state index is 0.820. The highest BCUT2D eigenvalue weighted by molar-refractivity contribution is 7.17. The fourth-order valence-corrected chi connectivity index (χ4v) is 3.29. The number of nitrogens with zero attached hydrogens (tertiary/aromatic N) is 1. The van der Waals surface area contributed by atoms with E-state index in [1.54, 1.807) is 11.3 Å². The number of hydrogen-bond acceptors (Lipinski definition) is 3. The van der Waals surface area contributed by atoms with E-state index in [0.717, 1.165) is 17.7 Å². The molecule has 2 heterocycles. The van der Waals surface area contributed by atoms with Crippen LogP contribution in [0.3, 0.4) is 0 Å². The Hall–Kier alpha value is -2.39. The molecule has 0 aliphatic carbocycles. The number of hydrogen-bond donors (Lipinski definition) is 1. The fraction of sp³-hybridized carbons (Fsp3) is 0.0556. The first-order valence-electron chi connectivity index (χ1n) is 6.93. The average Bonchev–Trinajstić information content (AvgIpc) is 3.00. The van der Waals surface area contributed by atoms with E-state index in [1.807, 2.05) is 12.3 Å². The molecule has 0 spiro atoms. The highest BCUT2D eigenvalue weighted by Gasteiger charge is 2.00. The van der Waals surface area contributed by atoms with Crippen molar-refractivity contribution >= 4 is 38.0 Å². The van der Waals surface area contributed by atoms with Crippen molar-refractivity contribution in [3.8, 4) is 0 Å². The Morgan fingerprint density at radius 3 is 2.95 bits per heavy atom. The fourth-order valence-electron chi connectivity index (χ4n) is 2.52. The van der Waals surface area contributed by atoms with Gasteiger partial charge in [0.15, 0.2) is 0 Å². The minimum Gasteiger partial charge on any atom is -0.381 e. The Bertz CT molecular complexity index is 911. The third-order valence-electron chi connectivity index (χ3n) is 3.62. The molecule has 0 atom stereocenters. The Balaban J connectivity index is 1.56. The van der Waals surface area contributed by atoms with E-state index in [0.29, 0.717) is 0 Å². The molecule has 4 rings (SSSR count). The van der Waals surface area contributed by atoms with Crippen molar-refractivity contribution < 1.29 is 0 Å². The largest absolute Gasteiger partial charge is 0.381 e. The van der Waals surface area contributed by atoms with E-state index >= 15 is 0 Å². The molecule has 0 aliphatic heterocycles. The highest BCUT2D eigenvalue weighted by atomic mass is 32.1. The van der Waals surface area contributed by atoms with Gasteiger partial charge in [-0.05, 0) is 58.8 Å². The van der Waals surface area contributed by atoms with Gasteiger partial charge in [-0.15, -0.1) is 11.3 Å². The summed E-state index contributed by atoms with van der Waals surface area (Å²) in [4.78, 5) is 4.35. The first-order valence-corrected chi connectivity index (χ1v) is 7.81. The summed E-state index contributed by atoms with van der Waals surface area (Å²) >= 11 is 1.78. The Labute approximate surface area is 127 Å². The smallest absolute Gasteiger partial charge is 0.0702 e. The summed E-state index contributed by atoms with van der Waals surface area (Å²) in [5.74, 6) is 0. The summed E-state index contributed by atoms with van der Waals surface area (Å²) < 4.78 is 1.33. The van der Waals surface area contributed by atoms with Crippen LogP contribution >= 0.6 is 11.3 Å². The molecule has 0 saturated heterocycles. The number of benzene rings is 2. The van der Waals surface area contributed by atoms with Crippen molar-refractivity contribution in [2.24, 2.45) is 0 Å². The molecule has 0 fully saturated rings. The van der Waals surface area contributed by atoms with Gasteiger partial charge in [0.2, 0.25) is 0 Å². The van der Waals surface area contributed by atoms with E-state index in [1.165, 1.54) is 21.0 Å². The van der Waals surface area contributed by atoms with Gasteiger partial charge in [-0.25, -0.2) is 0 Å². The number of anilines is 1. The quantitative estimate of drug-likeness (QED) is 0.570. The molecule has 21 heavy (non-hydrogen) atoms. The van der Waals surface area contributed by atoms with Crippen LogP contribution < -0.4 is 5.32 Å². The van der Waals surface area contributed by atoms with Crippen molar-refractivity contribution in [1.82, 2.24) is 4.98 Å². The SMILES string of the molecule is c1cnc2ccc(CNc3ccc4sccc4c3)cc2c1. The van der Waals surface area contributed by atoms with Crippen LogP contribution in [0, 0.1) is 0 Å². The second-order valence-electron chi connectivity index (χ2n) is 5.06. The van der Waals surface area contributed by atoms with Crippen LogP contribution in [0.2, 0.25) is 0 Å². The molecular formula is C18H14N2S. The molecule has 0 amide bonds. The molecule has 0 unspecified atom stereocenters. The molecule has 4 aromatic rings. The molecule has 0 bridgehead atoms. The molecule has 2 aromatic carbocycles. The first kappa shape index (κ1) is 12.4. The maximum absolute atomic E-state index is 4.35. The van der Waals surface area contributed by atoms with Crippen molar-refractivity contribution in [3.63, 3.8) is 0 Å². The van der Waals surface area contributed by atoms with Gasteiger partial charge in [0.1, 0.15) is 0 Å². The topological polar surface area (TPSA) is 24.9 Å². The predicted octanol–water partition coefficient (Wildman–Crippen LogP) is 5.06. The Kier molecular flexibility index (Phi) is 3.05. The number of rotatable bonds is 3. The van der Waals surface area contributed by atoms with E-state index in [4.69, 9.17) is 0 Å². The number of thiophene rings is 1. The molecular weight excluding hydrogens is 276 g/mol.